The zero-order valence-electron chi connectivity index (χ0n) is 10.6. The Hall–Kier alpha value is -1.16. The molecule has 0 saturated carbocycles. The van der Waals surface area contributed by atoms with Crippen molar-refractivity contribution in [3.63, 3.8) is 0 Å². The van der Waals surface area contributed by atoms with Crippen molar-refractivity contribution in [1.82, 2.24) is 0 Å². The zero-order chi connectivity index (χ0) is 13.5. The number of carbonyl (C=O) groups is 2. The summed E-state index contributed by atoms with van der Waals surface area (Å²) in [6.07, 6.45) is 1.28. The van der Waals surface area contributed by atoms with Gasteiger partial charge in [0, 0.05) is 10.0 Å². The van der Waals surface area contributed by atoms with Gasteiger partial charge in [0.15, 0.2) is 5.78 Å². The van der Waals surface area contributed by atoms with E-state index in [0.29, 0.717) is 23.1 Å². The molecule has 0 heterocycles. The SMILES string of the molecule is CCCC(C(=O)OCC)C(=O)c1ccccc1Br. The minimum absolute atomic E-state index is 0.178. The molecule has 1 unspecified atom stereocenters. The van der Waals surface area contributed by atoms with Gasteiger partial charge < -0.3 is 4.74 Å². The molecule has 4 heteroatoms. The summed E-state index contributed by atoms with van der Waals surface area (Å²) in [4.78, 5) is 24.1. The van der Waals surface area contributed by atoms with Gasteiger partial charge in [-0.2, -0.15) is 0 Å². The van der Waals surface area contributed by atoms with Gasteiger partial charge in [0.05, 0.1) is 6.61 Å². The van der Waals surface area contributed by atoms with Crippen molar-refractivity contribution in [2.75, 3.05) is 6.61 Å². The van der Waals surface area contributed by atoms with Crippen molar-refractivity contribution in [1.29, 1.82) is 0 Å². The topological polar surface area (TPSA) is 43.4 Å². The second-order valence-corrected chi connectivity index (χ2v) is 4.79. The van der Waals surface area contributed by atoms with Crippen LogP contribution in [0.25, 0.3) is 0 Å². The van der Waals surface area contributed by atoms with Crippen LogP contribution >= 0.6 is 15.9 Å². The largest absolute Gasteiger partial charge is 0.465 e. The predicted molar refractivity (Wildman–Crippen MR) is 73.5 cm³/mol. The summed E-state index contributed by atoms with van der Waals surface area (Å²) in [5.41, 5.74) is 0.531. The Kier molecular flexibility index (Phi) is 6.05. The van der Waals surface area contributed by atoms with Crippen LogP contribution < -0.4 is 0 Å². The summed E-state index contributed by atoms with van der Waals surface area (Å²) < 4.78 is 5.67. The van der Waals surface area contributed by atoms with Crippen molar-refractivity contribution < 1.29 is 14.3 Å². The van der Waals surface area contributed by atoms with Gasteiger partial charge in [0.1, 0.15) is 5.92 Å². The monoisotopic (exact) mass is 312 g/mol. The van der Waals surface area contributed by atoms with Crippen LogP contribution in [-0.2, 0) is 9.53 Å². The molecule has 1 aromatic rings. The number of Topliss-reactive ketones (excluding diaryl/α,β-unsaturated/α-hetero) is 1. The Morgan fingerprint density at radius 1 is 1.28 bits per heavy atom. The Morgan fingerprint density at radius 3 is 2.50 bits per heavy atom. The van der Waals surface area contributed by atoms with Crippen LogP contribution in [0.4, 0.5) is 0 Å². The number of benzene rings is 1. The quantitative estimate of drug-likeness (QED) is 0.458. The molecule has 0 fully saturated rings. The van der Waals surface area contributed by atoms with E-state index in [9.17, 15) is 9.59 Å². The third-order valence-electron chi connectivity index (χ3n) is 2.60. The zero-order valence-corrected chi connectivity index (χ0v) is 12.2. The lowest BCUT2D eigenvalue weighted by Gasteiger charge is -2.14. The number of ketones is 1. The standard InChI is InChI=1S/C14H17BrO3/c1-3-7-11(14(17)18-4-2)13(16)10-8-5-6-9-12(10)15/h5-6,8-9,11H,3-4,7H2,1-2H3. The van der Waals surface area contributed by atoms with Crippen LogP contribution in [0.5, 0.6) is 0 Å². The van der Waals surface area contributed by atoms with Gasteiger partial charge in [0.2, 0.25) is 0 Å². The molecule has 0 aliphatic heterocycles. The van der Waals surface area contributed by atoms with Crippen LogP contribution in [0.3, 0.4) is 0 Å². The lowest BCUT2D eigenvalue weighted by atomic mass is 9.93. The lowest BCUT2D eigenvalue weighted by molar-refractivity contribution is -0.146. The van der Waals surface area contributed by atoms with E-state index in [1.807, 2.05) is 13.0 Å². The van der Waals surface area contributed by atoms with Crippen LogP contribution in [0, 0.1) is 5.92 Å². The first-order chi connectivity index (χ1) is 8.61. The minimum atomic E-state index is -0.700. The molecule has 0 amide bonds. The number of hydrogen-bond donors (Lipinski definition) is 0. The molecule has 1 atom stereocenters. The molecule has 0 bridgehead atoms. The van der Waals surface area contributed by atoms with Crippen molar-refractivity contribution >= 4 is 27.7 Å². The van der Waals surface area contributed by atoms with E-state index in [1.54, 1.807) is 25.1 Å². The number of halogens is 1. The fourth-order valence-electron chi connectivity index (χ4n) is 1.74. The predicted octanol–water partition coefficient (Wildman–Crippen LogP) is 3.61. The van der Waals surface area contributed by atoms with Crippen LogP contribution in [0.2, 0.25) is 0 Å². The van der Waals surface area contributed by atoms with E-state index in [-0.39, 0.29) is 5.78 Å². The van der Waals surface area contributed by atoms with Crippen LogP contribution in [-0.4, -0.2) is 18.4 Å². The Balaban J connectivity index is 2.96. The first-order valence-electron chi connectivity index (χ1n) is 6.07. The molecular weight excluding hydrogens is 296 g/mol. The first-order valence-corrected chi connectivity index (χ1v) is 6.86. The van der Waals surface area contributed by atoms with Gasteiger partial charge in [-0.05, 0) is 19.4 Å². The summed E-state index contributed by atoms with van der Waals surface area (Å²) in [5, 5.41) is 0. The number of ether oxygens (including phenoxy) is 1. The first kappa shape index (κ1) is 14.9. The highest BCUT2D eigenvalue weighted by atomic mass is 79.9. The summed E-state index contributed by atoms with van der Waals surface area (Å²) >= 11 is 3.33. The molecule has 3 nitrogen and oxygen atoms in total. The van der Waals surface area contributed by atoms with Gasteiger partial charge in [-0.1, -0.05) is 47.5 Å². The van der Waals surface area contributed by atoms with Gasteiger partial charge in [0.25, 0.3) is 0 Å². The third-order valence-corrected chi connectivity index (χ3v) is 3.30. The maximum absolute atomic E-state index is 12.3. The third kappa shape index (κ3) is 3.67. The van der Waals surface area contributed by atoms with Crippen molar-refractivity contribution in [3.8, 4) is 0 Å². The average molecular weight is 313 g/mol. The molecule has 0 saturated heterocycles. The number of carbonyl (C=O) groups excluding carboxylic acids is 2. The molecule has 0 aliphatic rings. The van der Waals surface area contributed by atoms with Crippen molar-refractivity contribution in [3.05, 3.63) is 34.3 Å². The molecule has 98 valence electrons. The van der Waals surface area contributed by atoms with E-state index in [2.05, 4.69) is 15.9 Å². The molecule has 1 rings (SSSR count). The number of esters is 1. The Labute approximate surface area is 116 Å². The normalized spacial score (nSPS) is 11.9. The molecular formula is C14H17BrO3. The minimum Gasteiger partial charge on any atom is -0.465 e. The molecule has 0 aliphatic carbocycles. The van der Waals surface area contributed by atoms with E-state index in [0.717, 1.165) is 6.42 Å². The van der Waals surface area contributed by atoms with Crippen molar-refractivity contribution in [2.45, 2.75) is 26.7 Å². The number of rotatable bonds is 6. The Morgan fingerprint density at radius 2 is 1.94 bits per heavy atom. The fraction of sp³-hybridized carbons (Fsp3) is 0.429. The fourth-order valence-corrected chi connectivity index (χ4v) is 2.22. The lowest BCUT2D eigenvalue weighted by Crippen LogP contribution is -2.26. The van der Waals surface area contributed by atoms with Crippen LogP contribution in [0.1, 0.15) is 37.0 Å². The molecule has 0 radical (unpaired) electrons. The highest BCUT2D eigenvalue weighted by molar-refractivity contribution is 9.10. The van der Waals surface area contributed by atoms with Crippen molar-refractivity contribution in [2.24, 2.45) is 5.92 Å². The smallest absolute Gasteiger partial charge is 0.316 e. The summed E-state index contributed by atoms with van der Waals surface area (Å²) in [6, 6.07) is 7.13. The molecule has 0 aromatic heterocycles. The van der Waals surface area contributed by atoms with E-state index in [1.165, 1.54) is 0 Å². The molecule has 0 N–H and O–H groups in total. The maximum atomic E-state index is 12.3. The average Bonchev–Trinajstić information content (AvgIpc) is 2.36. The molecule has 18 heavy (non-hydrogen) atoms. The van der Waals surface area contributed by atoms with E-state index in [4.69, 9.17) is 4.74 Å². The number of hydrogen-bond acceptors (Lipinski definition) is 3. The Bertz CT molecular complexity index is 429. The maximum Gasteiger partial charge on any atom is 0.316 e. The second kappa shape index (κ2) is 7.31. The summed E-state index contributed by atoms with van der Waals surface area (Å²) in [5.74, 6) is -1.31. The second-order valence-electron chi connectivity index (χ2n) is 3.94. The molecule has 1 aromatic carbocycles. The van der Waals surface area contributed by atoms with Gasteiger partial charge in [-0.15, -0.1) is 0 Å². The summed E-state index contributed by atoms with van der Waals surface area (Å²) in [7, 11) is 0. The van der Waals surface area contributed by atoms with E-state index < -0.39 is 11.9 Å². The van der Waals surface area contributed by atoms with Gasteiger partial charge in [-0.25, -0.2) is 0 Å². The summed E-state index contributed by atoms with van der Waals surface area (Å²) in [6.45, 7) is 3.98. The highest BCUT2D eigenvalue weighted by Crippen LogP contribution is 2.22. The van der Waals surface area contributed by atoms with Gasteiger partial charge in [-0.3, -0.25) is 9.59 Å². The van der Waals surface area contributed by atoms with E-state index >= 15 is 0 Å². The highest BCUT2D eigenvalue weighted by Gasteiger charge is 2.28. The molecule has 0 spiro atoms. The van der Waals surface area contributed by atoms with Crippen LogP contribution in [0.15, 0.2) is 28.7 Å². The van der Waals surface area contributed by atoms with Gasteiger partial charge >= 0.3 is 5.97 Å².